The number of rotatable bonds is 66. The second-order valence-corrected chi connectivity index (χ2v) is 26.6. The van der Waals surface area contributed by atoms with Crippen LogP contribution in [0.2, 0.25) is 0 Å². The predicted octanol–water partition coefficient (Wildman–Crippen LogP) is 23.9. The summed E-state index contributed by atoms with van der Waals surface area (Å²) >= 11 is 0. The molecule has 0 saturated heterocycles. The van der Waals surface area contributed by atoms with Crippen molar-refractivity contribution in [3.63, 3.8) is 0 Å². The van der Waals surface area contributed by atoms with Crippen LogP contribution in [0.25, 0.3) is 0 Å². The Bertz CT molecular complexity index is 2160. The fourth-order valence-electron chi connectivity index (χ4n) is 9.68. The highest BCUT2D eigenvalue weighted by atomic mass is 31.2. The molecule has 0 aliphatic rings. The first-order valence-corrected chi connectivity index (χ1v) is 38.3. The van der Waals surface area contributed by atoms with Crippen molar-refractivity contribution in [2.75, 3.05) is 47.5 Å². The number of carbonyl (C=O) groups is 2. The SMILES string of the molecule is CC/C=C\C/C=C\C/C=C\C/C=C\C/C=C\C/C=C\C/C=C\C/C=C\C/C=C\C/C=C\CCCCCCCCC(=O)OC(COC(=O)CCCCCCCCCCCCCCCCCCCC/C=C\C/C=C\C/C=C\C/C=C\CC)COP(=O)([O-])OCC[N+](C)(C)C. The normalized spacial score (nSPS) is 14.1. The Kier molecular flexibility index (Phi) is 67.1. The van der Waals surface area contributed by atoms with E-state index in [9.17, 15) is 19.0 Å². The van der Waals surface area contributed by atoms with Crippen molar-refractivity contribution in [1.29, 1.82) is 0 Å². The number of hydrogen-bond acceptors (Lipinski definition) is 8. The first kappa shape index (κ1) is 87.4. The smallest absolute Gasteiger partial charge is 0.306 e. The number of phosphoric ester groups is 1. The lowest BCUT2D eigenvalue weighted by molar-refractivity contribution is -0.870. The van der Waals surface area contributed by atoms with Crippen molar-refractivity contribution in [2.45, 2.75) is 290 Å². The summed E-state index contributed by atoms with van der Waals surface area (Å²) in [5.74, 6) is -0.854. The van der Waals surface area contributed by atoms with Crippen LogP contribution in [0.4, 0.5) is 0 Å². The average Bonchev–Trinajstić information content (AvgIpc) is 2.34. The third kappa shape index (κ3) is 74.4. The predicted molar refractivity (Wildman–Crippen MR) is 396 cm³/mol. The molecule has 9 nitrogen and oxygen atoms in total. The van der Waals surface area contributed by atoms with Crippen LogP contribution in [0.5, 0.6) is 0 Å². The van der Waals surface area contributed by atoms with Gasteiger partial charge in [0.05, 0.1) is 27.7 Å². The van der Waals surface area contributed by atoms with Crippen molar-refractivity contribution < 1.29 is 42.1 Å². The van der Waals surface area contributed by atoms with Crippen LogP contribution >= 0.6 is 7.82 Å². The fourth-order valence-corrected chi connectivity index (χ4v) is 10.4. The molecule has 0 fully saturated rings. The van der Waals surface area contributed by atoms with Gasteiger partial charge in [0.2, 0.25) is 0 Å². The van der Waals surface area contributed by atoms with Gasteiger partial charge in [-0.1, -0.05) is 312 Å². The number of allylic oxidation sites excluding steroid dienone is 28. The van der Waals surface area contributed by atoms with Crippen molar-refractivity contribution >= 4 is 19.8 Å². The summed E-state index contributed by atoms with van der Waals surface area (Å²) < 4.78 is 34.3. The first-order chi connectivity index (χ1) is 45.0. The van der Waals surface area contributed by atoms with Gasteiger partial charge in [0.25, 0.3) is 7.82 Å². The summed E-state index contributed by atoms with van der Waals surface area (Å²) in [6.45, 7) is 4.00. The number of quaternary nitrogens is 1. The fraction of sp³-hybridized carbons (Fsp3) is 0.634. The summed E-state index contributed by atoms with van der Waals surface area (Å²) in [5.41, 5.74) is 0. The van der Waals surface area contributed by atoms with Crippen molar-refractivity contribution in [1.82, 2.24) is 0 Å². The number of hydrogen-bond donors (Lipinski definition) is 0. The standard InChI is InChI=1S/C82H136NO8P/c1-6-8-10-12-14-16-18-20-22-24-26-28-30-32-34-36-38-39-40-41-42-43-45-47-49-51-53-55-57-59-61-63-65-67-69-71-73-75-82(85)91-80(79-90-92(86,87)89-77-76-83(3,4)5)78-88-81(84)74-72-70-68-66-64-62-60-58-56-54-52-50-48-46-44-37-35-33-31-29-27-25-23-21-19-17-15-13-11-9-7-2/h8-11,14-17,20-23,26-29,32,34,38-39,41-42,45,47,51,53,57,59,80H,6-7,12-13,18-19,24-25,30-31,33,35-37,40,43-44,46,48-50,52,54-56,58,60-79H2,1-5H3/b10-8-,11-9-,16-14-,17-15-,22-20-,23-21-,28-26-,29-27-,34-32-,39-38-,42-41-,47-45-,53-51-,59-57-. The molecule has 0 radical (unpaired) electrons. The highest BCUT2D eigenvalue weighted by Crippen LogP contribution is 2.38. The quantitative estimate of drug-likeness (QED) is 0.0195. The van der Waals surface area contributed by atoms with E-state index in [0.29, 0.717) is 17.4 Å². The van der Waals surface area contributed by atoms with E-state index in [2.05, 4.69) is 184 Å². The lowest BCUT2D eigenvalue weighted by Crippen LogP contribution is -2.37. The van der Waals surface area contributed by atoms with E-state index in [1.54, 1.807) is 0 Å². The monoisotopic (exact) mass is 1290 g/mol. The molecule has 0 aliphatic heterocycles. The minimum absolute atomic E-state index is 0.0415. The molecule has 0 amide bonds. The van der Waals surface area contributed by atoms with Gasteiger partial charge >= 0.3 is 11.9 Å². The lowest BCUT2D eigenvalue weighted by atomic mass is 10.0. The Labute approximate surface area is 566 Å². The molecule has 0 heterocycles. The molecule has 2 atom stereocenters. The number of likely N-dealkylation sites (N-methyl/N-ethyl adjacent to an activating group) is 1. The summed E-state index contributed by atoms with van der Waals surface area (Å²) in [4.78, 5) is 38.1. The van der Waals surface area contributed by atoms with E-state index in [4.69, 9.17) is 18.5 Å². The van der Waals surface area contributed by atoms with Crippen LogP contribution < -0.4 is 4.89 Å². The molecule has 92 heavy (non-hydrogen) atoms. The van der Waals surface area contributed by atoms with Gasteiger partial charge in [-0.3, -0.25) is 14.2 Å². The van der Waals surface area contributed by atoms with Gasteiger partial charge in [0.1, 0.15) is 19.8 Å². The number of nitrogens with zero attached hydrogens (tertiary/aromatic N) is 1. The molecule has 0 aromatic heterocycles. The van der Waals surface area contributed by atoms with Crippen LogP contribution in [0.3, 0.4) is 0 Å². The van der Waals surface area contributed by atoms with Crippen LogP contribution in [-0.4, -0.2) is 70.0 Å². The summed E-state index contributed by atoms with van der Waals surface area (Å²) in [6, 6.07) is 0. The van der Waals surface area contributed by atoms with E-state index in [1.807, 2.05) is 21.1 Å². The lowest BCUT2D eigenvalue weighted by Gasteiger charge is -2.28. The third-order valence-electron chi connectivity index (χ3n) is 15.2. The maximum Gasteiger partial charge on any atom is 0.306 e. The summed E-state index contributed by atoms with van der Waals surface area (Å²) in [5, 5.41) is 0. The molecule has 10 heteroatoms. The van der Waals surface area contributed by atoms with E-state index < -0.39 is 26.5 Å². The zero-order valence-corrected chi connectivity index (χ0v) is 60.3. The molecule has 522 valence electrons. The minimum atomic E-state index is -4.66. The number of unbranched alkanes of at least 4 members (excludes halogenated alkanes) is 24. The highest BCUT2D eigenvalue weighted by Gasteiger charge is 2.22. The Morgan fingerprint density at radius 3 is 0.870 bits per heavy atom. The molecular weight excluding hydrogens is 1160 g/mol. The van der Waals surface area contributed by atoms with Gasteiger partial charge in [-0.15, -0.1) is 0 Å². The zero-order valence-electron chi connectivity index (χ0n) is 59.4. The van der Waals surface area contributed by atoms with Crippen LogP contribution in [0.1, 0.15) is 284 Å². The molecule has 0 spiro atoms. The minimum Gasteiger partial charge on any atom is -0.756 e. The number of phosphoric acid groups is 1. The number of esters is 2. The van der Waals surface area contributed by atoms with Crippen LogP contribution in [0, 0.1) is 0 Å². The van der Waals surface area contributed by atoms with E-state index in [1.165, 1.54) is 103 Å². The highest BCUT2D eigenvalue weighted by molar-refractivity contribution is 7.45. The van der Waals surface area contributed by atoms with E-state index >= 15 is 0 Å². The maximum absolute atomic E-state index is 12.9. The molecule has 0 N–H and O–H groups in total. The molecule has 0 bridgehead atoms. The van der Waals surface area contributed by atoms with Gasteiger partial charge in [-0.05, 0) is 128 Å². The molecule has 0 rings (SSSR count). The first-order valence-electron chi connectivity index (χ1n) is 36.8. The van der Waals surface area contributed by atoms with Crippen LogP contribution in [0.15, 0.2) is 170 Å². The van der Waals surface area contributed by atoms with Crippen LogP contribution in [-0.2, 0) is 32.7 Å². The second-order valence-electron chi connectivity index (χ2n) is 25.2. The Hall–Kier alpha value is -4.63. The molecule has 0 aromatic carbocycles. The van der Waals surface area contributed by atoms with Crippen molar-refractivity contribution in [2.24, 2.45) is 0 Å². The van der Waals surface area contributed by atoms with Gasteiger partial charge in [-0.25, -0.2) is 0 Å². The Balaban J connectivity index is 4.11. The molecule has 0 aliphatic carbocycles. The van der Waals surface area contributed by atoms with Crippen molar-refractivity contribution in [3.8, 4) is 0 Å². The molecule has 2 unspecified atom stereocenters. The van der Waals surface area contributed by atoms with Crippen molar-refractivity contribution in [3.05, 3.63) is 170 Å². The topological polar surface area (TPSA) is 111 Å². The van der Waals surface area contributed by atoms with Gasteiger partial charge in [-0.2, -0.15) is 0 Å². The zero-order chi connectivity index (χ0) is 66.9. The summed E-state index contributed by atoms with van der Waals surface area (Å²) in [6.07, 6.45) is 107. The summed E-state index contributed by atoms with van der Waals surface area (Å²) in [7, 11) is 1.14. The van der Waals surface area contributed by atoms with Gasteiger partial charge in [0, 0.05) is 12.8 Å². The number of ether oxygens (including phenoxy) is 2. The largest absolute Gasteiger partial charge is 0.756 e. The van der Waals surface area contributed by atoms with Gasteiger partial charge in [0.15, 0.2) is 6.10 Å². The number of carbonyl (C=O) groups excluding carboxylic acids is 2. The van der Waals surface area contributed by atoms with E-state index in [0.717, 1.165) is 148 Å². The van der Waals surface area contributed by atoms with E-state index in [-0.39, 0.29) is 32.0 Å². The maximum atomic E-state index is 12.9. The average molecular weight is 1290 g/mol. The molecule has 0 aromatic rings. The second kappa shape index (κ2) is 70.7. The third-order valence-corrected chi connectivity index (χ3v) is 16.2. The molecule has 0 saturated carbocycles. The Morgan fingerprint density at radius 2 is 0.587 bits per heavy atom. The Morgan fingerprint density at radius 1 is 0.337 bits per heavy atom. The molecular formula is C82H136NO8P. The van der Waals surface area contributed by atoms with Gasteiger partial charge < -0.3 is 27.9 Å².